The van der Waals surface area contributed by atoms with Gasteiger partial charge in [-0.3, -0.25) is 29.4 Å². The van der Waals surface area contributed by atoms with Crippen molar-refractivity contribution in [3.8, 4) is 11.3 Å². The summed E-state index contributed by atoms with van der Waals surface area (Å²) in [5.41, 5.74) is 2.42. The van der Waals surface area contributed by atoms with Crippen LogP contribution in [0.4, 0.5) is 10.5 Å². The van der Waals surface area contributed by atoms with Crippen molar-refractivity contribution in [2.24, 2.45) is 17.8 Å². The van der Waals surface area contributed by atoms with Gasteiger partial charge >= 0.3 is 6.09 Å². The molecule has 1 aromatic heterocycles. The molecule has 4 aliphatic rings. The summed E-state index contributed by atoms with van der Waals surface area (Å²) in [5.74, 6) is -3.57. The van der Waals surface area contributed by atoms with E-state index in [4.69, 9.17) is 4.74 Å². The first-order valence-corrected chi connectivity index (χ1v) is 18.2. The second kappa shape index (κ2) is 13.3. The van der Waals surface area contributed by atoms with Crippen molar-refractivity contribution in [3.05, 3.63) is 59.8 Å². The van der Waals surface area contributed by atoms with Crippen LogP contribution in [0, 0.1) is 31.6 Å². The average molecular weight is 678 g/mol. The Morgan fingerprint density at radius 1 is 1.04 bits per heavy atom. The maximum atomic E-state index is 14.0. The van der Waals surface area contributed by atoms with Crippen molar-refractivity contribution in [2.75, 3.05) is 18.9 Å². The summed E-state index contributed by atoms with van der Waals surface area (Å²) < 4.78 is 33.4. The number of benzene rings is 1. The van der Waals surface area contributed by atoms with Crippen LogP contribution in [0.3, 0.4) is 0 Å². The van der Waals surface area contributed by atoms with Crippen molar-refractivity contribution in [2.45, 2.75) is 82.1 Å². The molecule has 0 saturated heterocycles. The molecule has 48 heavy (non-hydrogen) atoms. The Labute approximate surface area is 281 Å². The van der Waals surface area contributed by atoms with Crippen LogP contribution < -0.4 is 15.4 Å². The molecule has 13 heteroatoms. The number of hydrogen-bond donors (Lipinski definition) is 3. The number of carbonyl (C=O) groups excluding carboxylic acids is 4. The first-order chi connectivity index (χ1) is 22.9. The van der Waals surface area contributed by atoms with E-state index in [1.807, 2.05) is 56.3 Å². The molecular weight excluding hydrogens is 634 g/mol. The zero-order valence-electron chi connectivity index (χ0n) is 27.5. The van der Waals surface area contributed by atoms with Gasteiger partial charge < -0.3 is 15.0 Å². The Morgan fingerprint density at radius 3 is 2.52 bits per heavy atom. The monoisotopic (exact) mass is 677 g/mol. The molecule has 1 aromatic carbocycles. The van der Waals surface area contributed by atoms with E-state index in [2.05, 4.69) is 20.3 Å². The predicted molar refractivity (Wildman–Crippen MR) is 179 cm³/mol. The van der Waals surface area contributed by atoms with Crippen molar-refractivity contribution in [1.29, 1.82) is 0 Å². The Bertz CT molecular complexity index is 1740. The number of aryl methyl sites for hydroxylation is 2. The van der Waals surface area contributed by atoms with E-state index >= 15 is 0 Å². The van der Waals surface area contributed by atoms with Gasteiger partial charge in [-0.1, -0.05) is 30.4 Å². The summed E-state index contributed by atoms with van der Waals surface area (Å²) in [4.78, 5) is 60.5. The zero-order valence-corrected chi connectivity index (χ0v) is 28.3. The summed E-state index contributed by atoms with van der Waals surface area (Å²) >= 11 is 0. The number of carbonyl (C=O) groups is 4. The molecule has 12 nitrogen and oxygen atoms in total. The molecule has 1 aliphatic heterocycles. The summed E-state index contributed by atoms with van der Waals surface area (Å²) in [6.07, 6.45) is 7.84. The lowest BCUT2D eigenvalue weighted by Crippen LogP contribution is -2.54. The number of ether oxygens (including phenoxy) is 1. The summed E-state index contributed by atoms with van der Waals surface area (Å²) in [6, 6.07) is 9.44. The molecule has 0 spiro atoms. The van der Waals surface area contributed by atoms with Crippen LogP contribution in [0.2, 0.25) is 0 Å². The van der Waals surface area contributed by atoms with Crippen molar-refractivity contribution in [3.63, 3.8) is 0 Å². The molecule has 0 radical (unpaired) electrons. The number of rotatable bonds is 6. The molecule has 256 valence electrons. The number of pyridine rings is 1. The minimum atomic E-state index is -3.84. The minimum Gasteiger partial charge on any atom is -0.446 e. The van der Waals surface area contributed by atoms with Crippen molar-refractivity contribution < 1.29 is 32.3 Å². The lowest BCUT2D eigenvalue weighted by molar-refractivity contribution is -0.140. The van der Waals surface area contributed by atoms with Crippen LogP contribution in [0.1, 0.15) is 62.5 Å². The van der Waals surface area contributed by atoms with E-state index in [1.54, 1.807) is 18.1 Å². The number of nitrogens with one attached hydrogen (secondary N) is 3. The van der Waals surface area contributed by atoms with Gasteiger partial charge in [-0.25, -0.2) is 13.2 Å². The number of allylic oxidation sites excluding steroid dienone is 1. The average Bonchev–Trinajstić information content (AvgIpc) is 3.96. The molecule has 4 amide bonds. The van der Waals surface area contributed by atoms with E-state index in [-0.39, 0.29) is 31.1 Å². The standard InChI is InChI=1S/C35H43N5O7S/c1-21-9-13-26(29-14-10-22(2)20-36-29)30(16-21)37-34(44)47-24-17-27-28(18-24)32(42)40(3)15-7-5-4-6-8-23-19-35(23,38-31(27)41)33(43)39-48(45,46)25-11-12-25/h6,8-10,13-14,16,20,23-25,27-28H,4-5,7,11-12,15,17-19H2,1-3H3,(H,37,44)(H,38,41)(H,39,43)/b8-6-/t23-,24-,27-,28-,35-/m1/s1. The van der Waals surface area contributed by atoms with Crippen LogP contribution in [0.15, 0.2) is 48.7 Å². The number of anilines is 1. The molecule has 2 heterocycles. The highest BCUT2D eigenvalue weighted by molar-refractivity contribution is 7.91. The predicted octanol–water partition coefficient (Wildman–Crippen LogP) is 3.99. The third-order valence-electron chi connectivity index (χ3n) is 9.87. The Hall–Kier alpha value is -4.26. The summed E-state index contributed by atoms with van der Waals surface area (Å²) in [5, 5.41) is 5.10. The summed E-state index contributed by atoms with van der Waals surface area (Å²) in [6.45, 7) is 4.37. The number of nitrogens with zero attached hydrogens (tertiary/aromatic N) is 2. The SMILES string of the molecule is Cc1ccc(-c2ccc(C)cc2NC(=O)O[C@@H]2C[C@H]3C(=O)N[C@]4(C(=O)NS(=O)(=O)C5CC5)C[C@H]4/C=C\CCCCN(C)C(=O)[C@@H]3C2)nc1. The van der Waals surface area contributed by atoms with E-state index in [0.717, 1.165) is 30.4 Å². The molecule has 3 N–H and O–H groups in total. The van der Waals surface area contributed by atoms with Gasteiger partial charge in [-0.15, -0.1) is 0 Å². The highest BCUT2D eigenvalue weighted by Crippen LogP contribution is 2.47. The number of aromatic nitrogens is 1. The summed E-state index contributed by atoms with van der Waals surface area (Å²) in [7, 11) is -2.14. The second-order valence-electron chi connectivity index (χ2n) is 13.7. The Morgan fingerprint density at radius 2 is 1.79 bits per heavy atom. The highest BCUT2D eigenvalue weighted by atomic mass is 32.2. The number of sulfonamides is 1. The molecule has 2 aromatic rings. The number of amides is 4. The maximum absolute atomic E-state index is 14.0. The van der Waals surface area contributed by atoms with E-state index in [1.165, 1.54) is 0 Å². The lowest BCUT2D eigenvalue weighted by Gasteiger charge is -2.26. The van der Waals surface area contributed by atoms with Gasteiger partial charge in [0.05, 0.1) is 28.5 Å². The molecule has 0 bridgehead atoms. The van der Waals surface area contributed by atoms with Gasteiger partial charge in [0.2, 0.25) is 21.8 Å². The van der Waals surface area contributed by atoms with Crippen LogP contribution in [-0.4, -0.2) is 72.6 Å². The van der Waals surface area contributed by atoms with Gasteiger partial charge in [0, 0.05) is 31.3 Å². The van der Waals surface area contributed by atoms with Gasteiger partial charge in [0.1, 0.15) is 11.6 Å². The van der Waals surface area contributed by atoms with E-state index in [0.29, 0.717) is 36.3 Å². The van der Waals surface area contributed by atoms with Crippen LogP contribution in [0.5, 0.6) is 0 Å². The Kier molecular flexibility index (Phi) is 9.34. The van der Waals surface area contributed by atoms with Gasteiger partial charge in [-0.05, 0) is 88.5 Å². The zero-order chi connectivity index (χ0) is 34.2. The third-order valence-corrected chi connectivity index (χ3v) is 11.7. The molecule has 3 fully saturated rings. The van der Waals surface area contributed by atoms with E-state index < -0.39 is 56.7 Å². The van der Waals surface area contributed by atoms with Crippen LogP contribution in [0.25, 0.3) is 11.3 Å². The smallest absolute Gasteiger partial charge is 0.411 e. The molecule has 3 aliphatic carbocycles. The molecule has 6 rings (SSSR count). The first-order valence-electron chi connectivity index (χ1n) is 16.7. The number of hydrogen-bond acceptors (Lipinski definition) is 8. The largest absolute Gasteiger partial charge is 0.446 e. The quantitative estimate of drug-likeness (QED) is 0.387. The maximum Gasteiger partial charge on any atom is 0.411 e. The number of fused-ring (bicyclic) bond motifs is 2. The van der Waals surface area contributed by atoms with Crippen LogP contribution in [-0.2, 0) is 29.1 Å². The second-order valence-corrected chi connectivity index (χ2v) is 15.7. The topological polar surface area (TPSA) is 164 Å². The fourth-order valence-corrected chi connectivity index (χ4v) is 8.16. The third kappa shape index (κ3) is 7.25. The van der Waals surface area contributed by atoms with E-state index in [9.17, 15) is 27.6 Å². The Balaban J connectivity index is 1.20. The minimum absolute atomic E-state index is 0.0717. The van der Waals surface area contributed by atoms with Gasteiger partial charge in [0.15, 0.2) is 0 Å². The lowest BCUT2D eigenvalue weighted by atomic mass is 9.93. The molecular formula is C35H43N5O7S. The first kappa shape index (κ1) is 33.6. The highest BCUT2D eigenvalue weighted by Gasteiger charge is 2.62. The molecule has 5 atom stereocenters. The van der Waals surface area contributed by atoms with Gasteiger partial charge in [0.25, 0.3) is 5.91 Å². The fraction of sp³-hybridized carbons (Fsp3) is 0.514. The van der Waals surface area contributed by atoms with Gasteiger partial charge in [-0.2, -0.15) is 0 Å². The van der Waals surface area contributed by atoms with Crippen molar-refractivity contribution in [1.82, 2.24) is 19.9 Å². The van der Waals surface area contributed by atoms with Crippen molar-refractivity contribution >= 4 is 39.5 Å². The molecule has 0 unspecified atom stereocenters. The van der Waals surface area contributed by atoms with Crippen LogP contribution >= 0.6 is 0 Å². The fourth-order valence-electron chi connectivity index (χ4n) is 6.79. The normalized spacial score (nSPS) is 28.3. The molecule has 3 saturated carbocycles.